The van der Waals surface area contributed by atoms with Crippen molar-refractivity contribution in [1.82, 2.24) is 4.90 Å². The van der Waals surface area contributed by atoms with Gasteiger partial charge in [0.05, 0.1) is 18.3 Å². The molecule has 3 nitrogen and oxygen atoms in total. The first-order valence-corrected chi connectivity index (χ1v) is 6.53. The van der Waals surface area contributed by atoms with Crippen LogP contribution in [0.15, 0.2) is 22.7 Å². The molecule has 0 spiro atoms. The largest absolute Gasteiger partial charge is 0.377 e. The normalized spacial score (nSPS) is 10.8. The van der Waals surface area contributed by atoms with Gasteiger partial charge < -0.3 is 9.64 Å². The van der Waals surface area contributed by atoms with Gasteiger partial charge in [0.25, 0.3) is 5.91 Å². The minimum atomic E-state index is -0.423. The number of carbonyl (C=O) groups excluding carboxylic acids is 1. The van der Waals surface area contributed by atoms with Crippen molar-refractivity contribution in [2.45, 2.75) is 20.0 Å². The summed E-state index contributed by atoms with van der Waals surface area (Å²) in [5.41, 5.74) is 0.321. The van der Waals surface area contributed by atoms with E-state index in [0.717, 1.165) is 0 Å². The van der Waals surface area contributed by atoms with Crippen LogP contribution in [0.2, 0.25) is 0 Å². The summed E-state index contributed by atoms with van der Waals surface area (Å²) in [5.74, 6) is -0.651. The Morgan fingerprint density at radius 1 is 1.50 bits per heavy atom. The lowest BCUT2D eigenvalue weighted by molar-refractivity contribution is 0.0531. The first-order chi connectivity index (χ1) is 8.41. The van der Waals surface area contributed by atoms with E-state index in [4.69, 9.17) is 4.74 Å². The van der Waals surface area contributed by atoms with E-state index in [-0.39, 0.29) is 12.0 Å². The zero-order valence-corrected chi connectivity index (χ0v) is 12.3. The summed E-state index contributed by atoms with van der Waals surface area (Å²) in [5, 5.41) is 0. The van der Waals surface area contributed by atoms with Crippen molar-refractivity contribution in [2.75, 3.05) is 20.2 Å². The van der Waals surface area contributed by atoms with Gasteiger partial charge in [-0.2, -0.15) is 0 Å². The number of halogens is 2. The van der Waals surface area contributed by atoms with Gasteiger partial charge in [0.2, 0.25) is 0 Å². The molecule has 0 aromatic heterocycles. The highest BCUT2D eigenvalue weighted by molar-refractivity contribution is 9.10. The van der Waals surface area contributed by atoms with Crippen LogP contribution in [-0.2, 0) is 4.74 Å². The van der Waals surface area contributed by atoms with Gasteiger partial charge in [0, 0.05) is 18.1 Å². The van der Waals surface area contributed by atoms with Crippen LogP contribution in [-0.4, -0.2) is 37.1 Å². The molecule has 1 amide bonds. The molecule has 0 saturated heterocycles. The minimum absolute atomic E-state index is 0.134. The summed E-state index contributed by atoms with van der Waals surface area (Å²) in [6.07, 6.45) is 0.134. The van der Waals surface area contributed by atoms with Gasteiger partial charge in [0.1, 0.15) is 5.82 Å². The summed E-state index contributed by atoms with van der Waals surface area (Å²) in [6, 6.07) is 4.07. The second-order valence-corrected chi connectivity index (χ2v) is 5.12. The molecule has 0 saturated carbocycles. The maximum absolute atomic E-state index is 13.1. The molecule has 0 heterocycles. The Kier molecular flexibility index (Phi) is 5.75. The second kappa shape index (κ2) is 6.85. The highest BCUT2D eigenvalue weighted by Gasteiger charge is 2.15. The maximum atomic E-state index is 13.1. The van der Waals surface area contributed by atoms with Gasteiger partial charge in [-0.15, -0.1) is 0 Å². The summed E-state index contributed by atoms with van der Waals surface area (Å²) in [4.78, 5) is 13.6. The molecule has 0 unspecified atom stereocenters. The molecule has 1 rings (SSSR count). The molecule has 0 N–H and O–H groups in total. The summed E-state index contributed by atoms with van der Waals surface area (Å²) in [7, 11) is 1.67. The van der Waals surface area contributed by atoms with Gasteiger partial charge in [0.15, 0.2) is 0 Å². The number of rotatable bonds is 5. The predicted molar refractivity (Wildman–Crippen MR) is 72.1 cm³/mol. The highest BCUT2D eigenvalue weighted by Crippen LogP contribution is 2.19. The van der Waals surface area contributed by atoms with Crippen LogP contribution < -0.4 is 0 Å². The van der Waals surface area contributed by atoms with E-state index in [1.54, 1.807) is 7.05 Å². The molecular weight excluding hydrogens is 301 g/mol. The van der Waals surface area contributed by atoms with Gasteiger partial charge >= 0.3 is 0 Å². The Morgan fingerprint density at radius 2 is 2.17 bits per heavy atom. The summed E-state index contributed by atoms with van der Waals surface area (Å²) in [6.45, 7) is 4.81. The number of hydrogen-bond acceptors (Lipinski definition) is 2. The molecule has 0 aliphatic heterocycles. The lowest BCUT2D eigenvalue weighted by Crippen LogP contribution is -2.31. The molecule has 100 valence electrons. The number of likely N-dealkylation sites (N-methyl/N-ethyl adjacent to an activating group) is 1. The predicted octanol–water partition coefficient (Wildman–Crippen LogP) is 3.09. The summed E-state index contributed by atoms with van der Waals surface area (Å²) >= 11 is 3.25. The number of ether oxygens (including phenoxy) is 1. The molecular formula is C13H17BrFNO2. The third-order valence-electron chi connectivity index (χ3n) is 2.38. The molecule has 0 atom stereocenters. The Labute approximate surface area is 115 Å². The molecule has 5 heteroatoms. The zero-order chi connectivity index (χ0) is 13.7. The van der Waals surface area contributed by atoms with Crippen LogP contribution >= 0.6 is 15.9 Å². The number of benzene rings is 1. The van der Waals surface area contributed by atoms with Gasteiger partial charge in [-0.05, 0) is 48.0 Å². The maximum Gasteiger partial charge on any atom is 0.254 e. The minimum Gasteiger partial charge on any atom is -0.377 e. The molecule has 18 heavy (non-hydrogen) atoms. The standard InChI is InChI=1S/C13H17BrFNO2/c1-9(2)18-7-6-16(3)13(17)11-8-10(15)4-5-12(11)14/h4-5,8-9H,6-7H2,1-3H3. The average molecular weight is 318 g/mol. The average Bonchev–Trinajstić information content (AvgIpc) is 2.30. The fourth-order valence-electron chi connectivity index (χ4n) is 1.39. The topological polar surface area (TPSA) is 29.5 Å². The highest BCUT2D eigenvalue weighted by atomic mass is 79.9. The number of hydrogen-bond donors (Lipinski definition) is 0. The van der Waals surface area contributed by atoms with Crippen LogP contribution in [0, 0.1) is 5.82 Å². The molecule has 0 aliphatic rings. The first-order valence-electron chi connectivity index (χ1n) is 5.74. The van der Waals surface area contributed by atoms with E-state index < -0.39 is 5.82 Å². The number of amides is 1. The smallest absolute Gasteiger partial charge is 0.254 e. The van der Waals surface area contributed by atoms with Crippen LogP contribution in [0.4, 0.5) is 4.39 Å². The van der Waals surface area contributed by atoms with Crippen LogP contribution in [0.25, 0.3) is 0 Å². The Balaban J connectivity index is 2.65. The Bertz CT molecular complexity index is 423. The van der Waals surface area contributed by atoms with Crippen molar-refractivity contribution >= 4 is 21.8 Å². The quantitative estimate of drug-likeness (QED) is 0.835. The molecule has 0 radical (unpaired) electrons. The second-order valence-electron chi connectivity index (χ2n) is 4.27. The van der Waals surface area contributed by atoms with Gasteiger partial charge in [-0.25, -0.2) is 4.39 Å². The van der Waals surface area contributed by atoms with Crippen molar-refractivity contribution in [3.63, 3.8) is 0 Å². The van der Waals surface area contributed by atoms with Gasteiger partial charge in [-0.1, -0.05) is 0 Å². The molecule has 1 aromatic carbocycles. The molecule has 0 fully saturated rings. The van der Waals surface area contributed by atoms with Crippen molar-refractivity contribution in [1.29, 1.82) is 0 Å². The fourth-order valence-corrected chi connectivity index (χ4v) is 1.81. The van der Waals surface area contributed by atoms with E-state index >= 15 is 0 Å². The van der Waals surface area contributed by atoms with Crippen LogP contribution in [0.3, 0.4) is 0 Å². The lowest BCUT2D eigenvalue weighted by atomic mass is 10.2. The van der Waals surface area contributed by atoms with Gasteiger partial charge in [-0.3, -0.25) is 4.79 Å². The van der Waals surface area contributed by atoms with Crippen molar-refractivity contribution in [3.8, 4) is 0 Å². The first kappa shape index (κ1) is 15.1. The van der Waals surface area contributed by atoms with E-state index in [9.17, 15) is 9.18 Å². The third-order valence-corrected chi connectivity index (χ3v) is 3.07. The summed E-state index contributed by atoms with van der Waals surface area (Å²) < 4.78 is 19.1. The van der Waals surface area contributed by atoms with Crippen molar-refractivity contribution in [2.24, 2.45) is 0 Å². The van der Waals surface area contributed by atoms with Crippen molar-refractivity contribution < 1.29 is 13.9 Å². The Morgan fingerprint density at radius 3 is 2.78 bits per heavy atom. The Hall–Kier alpha value is -0.940. The van der Waals surface area contributed by atoms with Crippen LogP contribution in [0.5, 0.6) is 0 Å². The molecule has 1 aromatic rings. The number of nitrogens with zero attached hydrogens (tertiary/aromatic N) is 1. The molecule has 0 bridgehead atoms. The lowest BCUT2D eigenvalue weighted by Gasteiger charge is -2.18. The number of carbonyl (C=O) groups is 1. The SMILES string of the molecule is CC(C)OCCN(C)C(=O)c1cc(F)ccc1Br. The monoisotopic (exact) mass is 317 g/mol. The van der Waals surface area contributed by atoms with Crippen LogP contribution in [0.1, 0.15) is 24.2 Å². The van der Waals surface area contributed by atoms with Crippen molar-refractivity contribution in [3.05, 3.63) is 34.1 Å². The fraction of sp³-hybridized carbons (Fsp3) is 0.462. The van der Waals surface area contributed by atoms with E-state index in [0.29, 0.717) is 23.2 Å². The third kappa shape index (κ3) is 4.38. The zero-order valence-electron chi connectivity index (χ0n) is 10.7. The van der Waals surface area contributed by atoms with E-state index in [2.05, 4.69) is 15.9 Å². The van der Waals surface area contributed by atoms with E-state index in [1.807, 2.05) is 13.8 Å². The van der Waals surface area contributed by atoms with E-state index in [1.165, 1.54) is 23.1 Å². The molecule has 0 aliphatic carbocycles.